The van der Waals surface area contributed by atoms with Crippen LogP contribution in [0.1, 0.15) is 19.3 Å². The number of hydrogen-bond donors (Lipinski definition) is 2. The van der Waals surface area contributed by atoms with Gasteiger partial charge < -0.3 is 15.4 Å². The van der Waals surface area contributed by atoms with Crippen molar-refractivity contribution in [2.75, 3.05) is 25.1 Å². The van der Waals surface area contributed by atoms with Gasteiger partial charge in [0, 0.05) is 37.8 Å². The van der Waals surface area contributed by atoms with E-state index in [1.807, 2.05) is 36.5 Å². The zero-order valence-corrected chi connectivity index (χ0v) is 13.1. The lowest BCUT2D eigenvalue weighted by atomic mass is 9.99. The van der Waals surface area contributed by atoms with Gasteiger partial charge in [0.2, 0.25) is 0 Å². The van der Waals surface area contributed by atoms with E-state index < -0.39 is 0 Å². The zero-order valence-electron chi connectivity index (χ0n) is 13.1. The van der Waals surface area contributed by atoms with E-state index in [1.54, 1.807) is 10.9 Å². The Labute approximate surface area is 135 Å². The molecule has 2 heterocycles. The third kappa shape index (κ3) is 4.56. The molecule has 0 aliphatic carbocycles. The molecule has 1 atom stereocenters. The predicted octanol–water partition coefficient (Wildman–Crippen LogP) is 2.81. The summed E-state index contributed by atoms with van der Waals surface area (Å²) in [5, 5.41) is 9.95. The number of hydrogen-bond acceptors (Lipinski definition) is 3. The van der Waals surface area contributed by atoms with Gasteiger partial charge in [0.15, 0.2) is 0 Å². The van der Waals surface area contributed by atoms with Crippen LogP contribution in [0, 0.1) is 5.92 Å². The topological polar surface area (TPSA) is 68.2 Å². The first-order valence-corrected chi connectivity index (χ1v) is 8.04. The summed E-state index contributed by atoms with van der Waals surface area (Å²) in [6, 6.07) is 9.27. The minimum absolute atomic E-state index is 0.181. The molecular weight excluding hydrogens is 292 g/mol. The number of nitrogens with one attached hydrogen (secondary N) is 2. The van der Waals surface area contributed by atoms with Crippen LogP contribution in [0.15, 0.2) is 42.7 Å². The average Bonchev–Trinajstić information content (AvgIpc) is 3.11. The van der Waals surface area contributed by atoms with Gasteiger partial charge in [-0.3, -0.25) is 0 Å². The van der Waals surface area contributed by atoms with Crippen LogP contribution < -0.4 is 10.6 Å². The molecule has 122 valence electrons. The van der Waals surface area contributed by atoms with Crippen molar-refractivity contribution in [3.63, 3.8) is 0 Å². The summed E-state index contributed by atoms with van der Waals surface area (Å²) in [7, 11) is 0. The largest absolute Gasteiger partial charge is 0.381 e. The first kappa shape index (κ1) is 15.6. The summed E-state index contributed by atoms with van der Waals surface area (Å²) in [5.41, 5.74) is 1.66. The Morgan fingerprint density at radius 1 is 1.39 bits per heavy atom. The molecule has 0 bridgehead atoms. The molecule has 1 aliphatic heterocycles. The summed E-state index contributed by atoms with van der Waals surface area (Å²) in [4.78, 5) is 12.0. The van der Waals surface area contributed by atoms with E-state index in [1.165, 1.54) is 6.42 Å². The van der Waals surface area contributed by atoms with E-state index in [2.05, 4.69) is 15.7 Å². The Morgan fingerprint density at radius 3 is 3.13 bits per heavy atom. The van der Waals surface area contributed by atoms with Crippen LogP contribution in [0.3, 0.4) is 0 Å². The fourth-order valence-electron chi connectivity index (χ4n) is 2.75. The molecule has 0 saturated carbocycles. The average molecular weight is 314 g/mol. The normalized spacial score (nSPS) is 17.7. The van der Waals surface area contributed by atoms with Gasteiger partial charge in [0.05, 0.1) is 5.69 Å². The van der Waals surface area contributed by atoms with E-state index in [0.29, 0.717) is 12.5 Å². The molecule has 1 aromatic heterocycles. The summed E-state index contributed by atoms with van der Waals surface area (Å²) in [6.45, 7) is 2.35. The molecule has 1 aliphatic rings. The number of aromatic nitrogens is 2. The van der Waals surface area contributed by atoms with Crippen LogP contribution in [0.2, 0.25) is 0 Å². The van der Waals surface area contributed by atoms with E-state index >= 15 is 0 Å². The molecule has 0 unspecified atom stereocenters. The molecule has 1 saturated heterocycles. The SMILES string of the molecule is O=C(NCC[C@@H]1CCCOC1)Nc1cccc(-n2cccn2)c1. The molecule has 2 N–H and O–H groups in total. The van der Waals surface area contributed by atoms with Gasteiger partial charge in [-0.05, 0) is 49.4 Å². The monoisotopic (exact) mass is 314 g/mol. The minimum atomic E-state index is -0.181. The first-order valence-electron chi connectivity index (χ1n) is 8.04. The molecule has 2 aromatic rings. The molecular formula is C17H22N4O2. The van der Waals surface area contributed by atoms with Crippen LogP contribution in [0.25, 0.3) is 5.69 Å². The fraction of sp³-hybridized carbons (Fsp3) is 0.412. The first-order chi connectivity index (χ1) is 11.3. The van der Waals surface area contributed by atoms with Crippen molar-refractivity contribution in [3.8, 4) is 5.69 Å². The molecule has 6 heteroatoms. The van der Waals surface area contributed by atoms with Gasteiger partial charge in [-0.15, -0.1) is 0 Å². The number of rotatable bonds is 5. The lowest BCUT2D eigenvalue weighted by molar-refractivity contribution is 0.0520. The van der Waals surface area contributed by atoms with Gasteiger partial charge in [0.1, 0.15) is 0 Å². The molecule has 0 radical (unpaired) electrons. The molecule has 2 amide bonds. The van der Waals surface area contributed by atoms with Crippen LogP contribution in [-0.2, 0) is 4.74 Å². The lowest BCUT2D eigenvalue weighted by Gasteiger charge is -2.21. The number of anilines is 1. The Bertz CT molecular complexity index is 621. The highest BCUT2D eigenvalue weighted by atomic mass is 16.5. The highest BCUT2D eigenvalue weighted by Gasteiger charge is 2.13. The number of urea groups is 1. The quantitative estimate of drug-likeness (QED) is 0.891. The molecule has 1 aromatic carbocycles. The maximum Gasteiger partial charge on any atom is 0.319 e. The maximum atomic E-state index is 12.0. The summed E-state index contributed by atoms with van der Waals surface area (Å²) >= 11 is 0. The van der Waals surface area contributed by atoms with E-state index in [4.69, 9.17) is 4.74 Å². The van der Waals surface area contributed by atoms with Crippen LogP contribution in [-0.4, -0.2) is 35.6 Å². The molecule has 1 fully saturated rings. The summed E-state index contributed by atoms with van der Waals surface area (Å²) in [6.07, 6.45) is 6.86. The van der Waals surface area contributed by atoms with E-state index in [0.717, 1.165) is 37.4 Å². The third-order valence-electron chi connectivity index (χ3n) is 3.97. The second-order valence-corrected chi connectivity index (χ2v) is 5.75. The Balaban J connectivity index is 1.47. The van der Waals surface area contributed by atoms with Crippen molar-refractivity contribution in [2.45, 2.75) is 19.3 Å². The van der Waals surface area contributed by atoms with Gasteiger partial charge in [-0.1, -0.05) is 6.07 Å². The molecule has 23 heavy (non-hydrogen) atoms. The van der Waals surface area contributed by atoms with Crippen molar-refractivity contribution in [1.29, 1.82) is 0 Å². The standard InChI is InChI=1S/C17H22N4O2/c22-17(18-9-7-14-4-2-11-23-13-14)20-15-5-1-6-16(12-15)21-10-3-8-19-21/h1,3,5-6,8,10,12,14H,2,4,7,9,11,13H2,(H2,18,20,22)/t14-/m0/s1. The Hall–Kier alpha value is -2.34. The zero-order chi connectivity index (χ0) is 15.9. The van der Waals surface area contributed by atoms with Gasteiger partial charge in [-0.2, -0.15) is 5.10 Å². The van der Waals surface area contributed by atoms with Crippen molar-refractivity contribution >= 4 is 11.7 Å². The third-order valence-corrected chi connectivity index (χ3v) is 3.97. The molecule has 6 nitrogen and oxygen atoms in total. The smallest absolute Gasteiger partial charge is 0.319 e. The number of amides is 2. The van der Waals surface area contributed by atoms with E-state index in [9.17, 15) is 4.79 Å². The molecule has 3 rings (SSSR count). The highest BCUT2D eigenvalue weighted by Crippen LogP contribution is 2.16. The number of carbonyl (C=O) groups excluding carboxylic acids is 1. The van der Waals surface area contributed by atoms with Gasteiger partial charge >= 0.3 is 6.03 Å². The van der Waals surface area contributed by atoms with Crippen molar-refractivity contribution in [2.24, 2.45) is 5.92 Å². The maximum absolute atomic E-state index is 12.0. The lowest BCUT2D eigenvalue weighted by Crippen LogP contribution is -2.31. The van der Waals surface area contributed by atoms with Gasteiger partial charge in [-0.25, -0.2) is 9.48 Å². The second kappa shape index (κ2) is 7.78. The van der Waals surface area contributed by atoms with Crippen LogP contribution >= 0.6 is 0 Å². The number of ether oxygens (including phenoxy) is 1. The Morgan fingerprint density at radius 2 is 2.35 bits per heavy atom. The van der Waals surface area contributed by atoms with Crippen molar-refractivity contribution in [1.82, 2.24) is 15.1 Å². The van der Waals surface area contributed by atoms with Gasteiger partial charge in [0.25, 0.3) is 0 Å². The summed E-state index contributed by atoms with van der Waals surface area (Å²) < 4.78 is 7.20. The second-order valence-electron chi connectivity index (χ2n) is 5.75. The predicted molar refractivity (Wildman–Crippen MR) is 88.7 cm³/mol. The number of benzene rings is 1. The fourth-order valence-corrected chi connectivity index (χ4v) is 2.75. The van der Waals surface area contributed by atoms with Crippen molar-refractivity contribution in [3.05, 3.63) is 42.7 Å². The van der Waals surface area contributed by atoms with Crippen molar-refractivity contribution < 1.29 is 9.53 Å². The minimum Gasteiger partial charge on any atom is -0.381 e. The molecule has 0 spiro atoms. The highest BCUT2D eigenvalue weighted by molar-refractivity contribution is 5.89. The number of nitrogens with zero attached hydrogens (tertiary/aromatic N) is 2. The summed E-state index contributed by atoms with van der Waals surface area (Å²) in [5.74, 6) is 0.562. The van der Waals surface area contributed by atoms with Crippen LogP contribution in [0.5, 0.6) is 0 Å². The number of carbonyl (C=O) groups is 1. The Kier molecular flexibility index (Phi) is 5.26. The van der Waals surface area contributed by atoms with Crippen LogP contribution in [0.4, 0.5) is 10.5 Å². The van der Waals surface area contributed by atoms with E-state index in [-0.39, 0.29) is 6.03 Å².